The average Bonchev–Trinajstić information content (AvgIpc) is 1.26. The number of nitrogens with zero attached hydrogens (tertiary/aromatic N) is 6. The van der Waals surface area contributed by atoms with Crippen LogP contribution in [0.15, 0.2) is 203 Å². The summed E-state index contributed by atoms with van der Waals surface area (Å²) >= 11 is 5.03. The van der Waals surface area contributed by atoms with E-state index in [-0.39, 0.29) is 19.9 Å². The second-order valence-electron chi connectivity index (χ2n) is 35.7. The number of benzene rings is 7. The van der Waals surface area contributed by atoms with Crippen molar-refractivity contribution in [1.82, 2.24) is 43.5 Å². The molecule has 7 aliphatic heterocycles. The Morgan fingerprint density at radius 3 is 0.932 bits per heavy atom. The molecule has 7 aromatic rings. The van der Waals surface area contributed by atoms with Crippen LogP contribution < -0.4 is 19.2 Å². The molecule has 7 N–H and O–H groups in total. The first kappa shape index (κ1) is 99.2. The van der Waals surface area contributed by atoms with Crippen LogP contribution in [0.3, 0.4) is 0 Å². The van der Waals surface area contributed by atoms with Crippen LogP contribution >= 0.6 is 42.5 Å². The van der Waals surface area contributed by atoms with Gasteiger partial charge in [-0.05, 0) is 312 Å². The Morgan fingerprint density at radius 1 is 0.415 bits per heavy atom. The summed E-state index contributed by atoms with van der Waals surface area (Å²) in [7, 11) is 0.347. The van der Waals surface area contributed by atoms with Gasteiger partial charge >= 0.3 is 0 Å². The molecule has 652 valence electrons. The lowest BCUT2D eigenvalue weighted by molar-refractivity contribution is 0.317. The van der Waals surface area contributed by atoms with Crippen molar-refractivity contribution >= 4 is 109 Å². The molecule has 0 amide bonds. The second kappa shape index (κ2) is 43.6. The van der Waals surface area contributed by atoms with Gasteiger partial charge in [-0.15, -0.1) is 0 Å². The van der Waals surface area contributed by atoms with E-state index in [1.807, 2.05) is 72.8 Å². The second-order valence-corrected chi connectivity index (χ2v) is 56.8. The number of primary sulfonamides is 1. The van der Waals surface area contributed by atoms with Crippen molar-refractivity contribution in [1.29, 1.82) is 4.78 Å². The zero-order valence-corrected chi connectivity index (χ0v) is 82.2. The summed E-state index contributed by atoms with van der Waals surface area (Å²) in [6.45, 7) is 29.1. The van der Waals surface area contributed by atoms with Gasteiger partial charge in [0.05, 0.1) is 24.5 Å². The van der Waals surface area contributed by atoms with E-state index in [0.717, 1.165) is 72.1 Å². The average molecular weight is 1900 g/mol. The van der Waals surface area contributed by atoms with Crippen LogP contribution in [0.1, 0.15) is 213 Å². The molecule has 9 unspecified atom stereocenters. The van der Waals surface area contributed by atoms with E-state index >= 15 is 0 Å². The van der Waals surface area contributed by atoms with Gasteiger partial charge in [0.25, 0.3) is 9.05 Å². The number of nitrogens with one attached hydrogen (secondary N) is 4. The highest BCUT2D eigenvalue weighted by atomic mass is 79.9. The van der Waals surface area contributed by atoms with Crippen molar-refractivity contribution in [2.24, 2.45) is 5.14 Å². The van der Waals surface area contributed by atoms with Crippen LogP contribution in [-0.2, 0) is 50.1 Å². The van der Waals surface area contributed by atoms with E-state index in [4.69, 9.17) is 25.2 Å². The number of sulfonamides is 2. The third kappa shape index (κ3) is 28.6. The quantitative estimate of drug-likeness (QED) is 0.0298. The number of likely N-dealkylation sites (tertiary alicyclic amines) is 6. The maximum Gasteiger partial charge on any atom is 0.261 e. The Morgan fingerprint density at radius 2 is 0.678 bits per heavy atom. The van der Waals surface area contributed by atoms with Crippen molar-refractivity contribution in [3.8, 4) is 0 Å². The highest BCUT2D eigenvalue weighted by Crippen LogP contribution is 2.40. The lowest BCUT2D eigenvalue weighted by Gasteiger charge is -2.37. The number of rotatable bonds is 16. The highest BCUT2D eigenvalue weighted by molar-refractivity contribution is 9.10. The SMILES string of the molecule is Brc1ccc(C2CCCN2)cc1.CN1CCCC1c1ccc(Br)cc1.CN1CCCC1c1ccc(S(=N)(=O)N[Si](C)(C)C(C)(C)C)cc1.CN1CCCC1c1ccc(S(=O)(=O)Cl)cc1.CN1CCCC1c1ccc(S(=O)(=O)N[Si](C)(C)C(C)(C)C)cc1.CN1CCCC1c1ccc(S(=O)O)cc1.CN1CCCC1c1ccc(S(N)(=O)=O)cc1. The molecule has 7 aliphatic rings. The minimum Gasteiger partial charge on any atom is -0.310 e. The molecule has 0 saturated carbocycles. The summed E-state index contributed by atoms with van der Waals surface area (Å²) in [5, 5.41) is 8.54. The molecule has 7 fully saturated rings. The zero-order valence-electron chi connectivity index (χ0n) is 72.2. The first-order valence-corrected chi connectivity index (χ1v) is 56.9. The topological polar surface area (TPSA) is 262 Å². The largest absolute Gasteiger partial charge is 0.310 e. The van der Waals surface area contributed by atoms with Crippen LogP contribution in [-0.4, -0.2) is 172 Å². The van der Waals surface area contributed by atoms with Gasteiger partial charge in [-0.25, -0.2) is 52.4 Å². The Hall–Kier alpha value is -4.27. The third-order valence-corrected chi connectivity index (χ3v) is 44.7. The first-order chi connectivity index (χ1) is 55.2. The van der Waals surface area contributed by atoms with E-state index in [2.05, 4.69) is 234 Å². The highest BCUT2D eigenvalue weighted by Gasteiger charge is 2.41. The third-order valence-electron chi connectivity index (χ3n) is 25.0. The summed E-state index contributed by atoms with van der Waals surface area (Å²) in [6.07, 6.45) is 17.0. The fourth-order valence-electron chi connectivity index (χ4n) is 15.7. The lowest BCUT2D eigenvalue weighted by atomic mass is 10.1. The number of hydrogen-bond donors (Lipinski definition) is 6. The van der Waals surface area contributed by atoms with E-state index in [0.29, 0.717) is 57.0 Å². The molecule has 30 heteroatoms. The van der Waals surface area contributed by atoms with Gasteiger partial charge in [0.2, 0.25) is 20.0 Å². The summed E-state index contributed by atoms with van der Waals surface area (Å²) < 4.78 is 119. The van der Waals surface area contributed by atoms with Crippen molar-refractivity contribution in [2.75, 3.05) is 88.1 Å². The molecule has 9 atom stereocenters. The molecule has 0 spiro atoms. The van der Waals surface area contributed by atoms with Gasteiger partial charge in [-0.3, -0.25) is 29.4 Å². The van der Waals surface area contributed by atoms with Gasteiger partial charge in [0, 0.05) is 61.9 Å². The molecule has 20 nitrogen and oxygen atoms in total. The number of nitrogens with two attached hydrogens (primary N) is 1. The van der Waals surface area contributed by atoms with Crippen LogP contribution in [0, 0.1) is 4.78 Å². The van der Waals surface area contributed by atoms with Gasteiger partial charge in [-0.2, -0.15) is 0 Å². The minimum atomic E-state index is -3.60. The molecule has 7 saturated heterocycles. The Balaban J connectivity index is 0.000000174. The first-order valence-electron chi connectivity index (χ1n) is 41.3. The van der Waals surface area contributed by atoms with Crippen LogP contribution in [0.5, 0.6) is 0 Å². The van der Waals surface area contributed by atoms with Gasteiger partial charge < -0.3 is 9.87 Å². The molecular weight excluding hydrogens is 1770 g/mol. The predicted molar refractivity (Wildman–Crippen MR) is 499 cm³/mol. The predicted octanol–water partition coefficient (Wildman–Crippen LogP) is 19.7. The molecule has 0 aliphatic carbocycles. The lowest BCUT2D eigenvalue weighted by Crippen LogP contribution is -2.54. The van der Waals surface area contributed by atoms with E-state index in [1.54, 1.807) is 48.5 Å². The maximum absolute atomic E-state index is 12.9. The zero-order chi connectivity index (χ0) is 86.9. The molecule has 0 bridgehead atoms. The fourth-order valence-corrected chi connectivity index (χ4v) is 27.9. The summed E-state index contributed by atoms with van der Waals surface area (Å²) in [6, 6.07) is 57.0. The summed E-state index contributed by atoms with van der Waals surface area (Å²) in [5.41, 5.74) is 8.88. The fraction of sp³-hybridized carbons (Fsp3) is 0.523. The maximum atomic E-state index is 12.9. The Bertz CT molecular complexity index is 4620. The number of hydrogen-bond acceptors (Lipinski definition) is 16. The normalized spacial score (nSPS) is 22.7. The molecular formula is C88H132Br2ClN11O9S5Si2. The Kier molecular flexibility index (Phi) is 36.6. The molecule has 118 heavy (non-hydrogen) atoms. The van der Waals surface area contributed by atoms with Crippen molar-refractivity contribution < 1.29 is 38.2 Å². The summed E-state index contributed by atoms with van der Waals surface area (Å²) in [5.74, 6) is 0. The molecule has 7 aromatic carbocycles. The van der Waals surface area contributed by atoms with Crippen molar-refractivity contribution in [2.45, 2.75) is 234 Å². The molecule has 7 heterocycles. The van der Waals surface area contributed by atoms with E-state index in [1.165, 1.54) is 112 Å². The summed E-state index contributed by atoms with van der Waals surface area (Å²) in [4.78, 5) is 15.8. The molecule has 0 radical (unpaired) electrons. The molecule has 0 aromatic heterocycles. The van der Waals surface area contributed by atoms with Crippen LogP contribution in [0.25, 0.3) is 0 Å². The number of halogens is 3. The van der Waals surface area contributed by atoms with Crippen LogP contribution in [0.4, 0.5) is 0 Å². The smallest absolute Gasteiger partial charge is 0.261 e. The van der Waals surface area contributed by atoms with Gasteiger partial charge in [-0.1, -0.05) is 185 Å². The van der Waals surface area contributed by atoms with Crippen molar-refractivity contribution in [3.63, 3.8) is 0 Å². The molecule has 14 rings (SSSR count). The van der Waals surface area contributed by atoms with E-state index < -0.39 is 66.6 Å². The van der Waals surface area contributed by atoms with Crippen molar-refractivity contribution in [3.05, 3.63) is 218 Å². The standard InChI is InChI=1S/C17H31N3OSSi.C17H30N2O2SSi.C11H14BrN.C11H14ClNO2S.C11H16N2O2S.C11H15NO2S.C10H12BrN/c1-17(2,3)23(5,6)19-22(18,21)15-11-9-14(10-12-15)16-8-7-13-20(16)4;1-17(2,3)23(5,6)18-22(20,21)15-11-9-14(10-12-15)16-8-7-13-19(16)4;1-13-8-2-3-11(13)9-4-6-10(12)7-5-9;2*1-13-8-2-3-11(13)9-4-6-10(7-5-9)16(12,14)15;1-12-8-2-3-11(12)9-4-6-10(7-5-9)15(13)14;11-9-5-3-8(4-6-9)10-2-1-7-12-10/h9-12,16H,7-8,13H2,1-6H3,(H2,18,19,21);9-12,16,18H,7-8,13H2,1-6H3;4-7,11H,2-3,8H2,1H3;4-7,11H,2-3,8H2,1H3;4-7,11H,2-3,8H2,1H3,(H2,12,14,15);4-7,11H,2-3,8H2,1H3,(H,13,14);3-6,10,12H,1-2,7H2. The van der Waals surface area contributed by atoms with E-state index in [9.17, 15) is 33.7 Å². The van der Waals surface area contributed by atoms with Gasteiger partial charge in [0.15, 0.2) is 11.1 Å². The Labute approximate surface area is 734 Å². The van der Waals surface area contributed by atoms with Crippen LogP contribution in [0.2, 0.25) is 36.3 Å². The minimum absolute atomic E-state index is 0.0351. The van der Waals surface area contributed by atoms with Gasteiger partial charge in [0.1, 0.15) is 26.4 Å². The monoisotopic (exact) mass is 1900 g/mol.